The number of carbonyl (C=O) groups is 6. The third-order valence-electron chi connectivity index (χ3n) is 22.8. The molecule has 0 atom stereocenters. The Bertz CT molecular complexity index is 6400. The molecule has 14 heterocycles. The maximum absolute atomic E-state index is 13.1. The van der Waals surface area contributed by atoms with Gasteiger partial charge < -0.3 is 57.4 Å². The first kappa shape index (κ1) is 112. The number of nitrogens with two attached hydrogens (primary N) is 1. The number of ketones is 5. The molecule has 4 N–H and O–H groups in total. The Morgan fingerprint density at radius 2 is 0.766 bits per heavy atom. The van der Waals surface area contributed by atoms with Gasteiger partial charge >= 0.3 is 13.1 Å². The van der Waals surface area contributed by atoms with Crippen molar-refractivity contribution in [3.8, 4) is 11.1 Å². The number of piperazine rings is 3. The van der Waals surface area contributed by atoms with Crippen LogP contribution in [0.1, 0.15) is 156 Å². The summed E-state index contributed by atoms with van der Waals surface area (Å²) < 4.78 is 40.1. The first-order chi connectivity index (χ1) is 63.3. The van der Waals surface area contributed by atoms with E-state index in [1.165, 1.54) is 31.4 Å². The van der Waals surface area contributed by atoms with Crippen LogP contribution in [0.4, 0.5) is 26.2 Å². The number of aromatic nitrogens is 10. The number of fused-ring (bicyclic) bond motifs is 4. The van der Waals surface area contributed by atoms with E-state index in [1.54, 1.807) is 74.0 Å². The van der Waals surface area contributed by atoms with Crippen LogP contribution in [0.2, 0.25) is 0 Å². The molecule has 0 bridgehead atoms. The van der Waals surface area contributed by atoms with Gasteiger partial charge in [0.25, 0.3) is 0 Å². The molecule has 4 aliphatic rings. The van der Waals surface area contributed by atoms with Crippen LogP contribution >= 0.6 is 47.8 Å². The summed E-state index contributed by atoms with van der Waals surface area (Å²) in [5, 5.41) is 19.9. The average molecular weight is 2090 g/mol. The predicted molar refractivity (Wildman–Crippen MR) is 551 cm³/mol. The number of carboxylic acid groups (broad SMARTS) is 1. The first-order valence-corrected chi connectivity index (χ1v) is 45.5. The number of benzene rings is 4. The normalized spacial score (nSPS) is 14.1. The molecular formula is C104H118BBr3F2N17O9V-. The second-order valence-corrected chi connectivity index (χ2v) is 35.8. The van der Waals surface area contributed by atoms with Crippen molar-refractivity contribution >= 4 is 156 Å². The van der Waals surface area contributed by atoms with Gasteiger partial charge in [-0.25, -0.2) is 29.7 Å². The number of aromatic carboxylic acids is 1. The summed E-state index contributed by atoms with van der Waals surface area (Å²) in [6, 6.07) is 47.5. The van der Waals surface area contributed by atoms with Crippen molar-refractivity contribution in [3.05, 3.63) is 315 Å². The van der Waals surface area contributed by atoms with E-state index in [4.69, 9.17) is 20.1 Å². The van der Waals surface area contributed by atoms with Crippen molar-refractivity contribution in [3.63, 3.8) is 0 Å². The summed E-state index contributed by atoms with van der Waals surface area (Å²) in [6.45, 7) is 24.1. The fourth-order valence-corrected chi connectivity index (χ4v) is 15.4. The molecule has 0 saturated carbocycles. The van der Waals surface area contributed by atoms with Crippen molar-refractivity contribution in [2.75, 3.05) is 115 Å². The summed E-state index contributed by atoms with van der Waals surface area (Å²) in [5.74, 6) is -0.253. The zero-order valence-corrected chi connectivity index (χ0v) is 82.5. The van der Waals surface area contributed by atoms with Gasteiger partial charge in [0.15, 0.2) is 28.9 Å². The molecule has 4 aromatic carbocycles. The molecule has 14 aromatic rings. The van der Waals surface area contributed by atoms with Crippen molar-refractivity contribution < 1.29 is 70.5 Å². The smallest absolute Gasteiger partial charge is 0.478 e. The molecule has 1 radical (unpaired) electrons. The second-order valence-electron chi connectivity index (χ2n) is 33.1. The number of halogens is 5. The number of pyridine rings is 10. The quantitative estimate of drug-likeness (QED) is 0.0311. The Morgan fingerprint density at radius 3 is 1.17 bits per heavy atom. The van der Waals surface area contributed by atoms with Gasteiger partial charge in [0.2, 0.25) is 11.9 Å². The van der Waals surface area contributed by atoms with Crippen molar-refractivity contribution in [2.45, 2.75) is 107 Å². The molecule has 4 saturated heterocycles. The molecule has 717 valence electrons. The minimum absolute atomic E-state index is 0. The number of carbonyl (C=O) groups excluding carboxylic acids is 5. The van der Waals surface area contributed by atoms with Crippen LogP contribution in [-0.4, -0.2) is 223 Å². The van der Waals surface area contributed by atoms with Crippen molar-refractivity contribution in [1.29, 1.82) is 0 Å². The van der Waals surface area contributed by atoms with Crippen LogP contribution in [0.5, 0.6) is 0 Å². The topological polar surface area (TPSA) is 324 Å². The number of carboxylic acids is 1. The van der Waals surface area contributed by atoms with E-state index in [-0.39, 0.29) is 113 Å². The number of Topliss-reactive ketones (excluding diaryl/α,β-unsaturated/α-hetero) is 5. The fraction of sp³-hybridized carbons (Fsp3) is 0.298. The first-order valence-electron chi connectivity index (χ1n) is 43.2. The molecule has 4 fully saturated rings. The van der Waals surface area contributed by atoms with E-state index in [1.807, 2.05) is 157 Å². The van der Waals surface area contributed by atoms with E-state index in [2.05, 4.69) is 155 Å². The molecule has 137 heavy (non-hydrogen) atoms. The van der Waals surface area contributed by atoms with Crippen LogP contribution in [0.3, 0.4) is 0 Å². The molecule has 33 heteroatoms. The molecule has 0 amide bonds. The predicted octanol–water partition coefficient (Wildman–Crippen LogP) is 19.3. The molecule has 0 spiro atoms. The third-order valence-corrected chi connectivity index (χ3v) is 24.3. The monoisotopic (exact) mass is 2090 g/mol. The van der Waals surface area contributed by atoms with Gasteiger partial charge in [0.05, 0.1) is 36.0 Å². The Labute approximate surface area is 838 Å². The van der Waals surface area contributed by atoms with E-state index < -0.39 is 25.0 Å². The van der Waals surface area contributed by atoms with Crippen LogP contribution in [-0.2, 0) is 47.1 Å². The minimum atomic E-state index is -1.15. The van der Waals surface area contributed by atoms with Gasteiger partial charge in [0, 0.05) is 287 Å². The molecule has 0 unspecified atom stereocenters. The summed E-state index contributed by atoms with van der Waals surface area (Å²) in [5.41, 5.74) is 12.4. The molecule has 10 aromatic heterocycles. The number of hydrogen-bond donors (Lipinski definition) is 3. The van der Waals surface area contributed by atoms with Crippen molar-refractivity contribution in [1.82, 2.24) is 69.9 Å². The molecule has 26 nitrogen and oxygen atoms in total. The van der Waals surface area contributed by atoms with Crippen LogP contribution in [0, 0.1) is 19.3 Å². The Balaban J connectivity index is 0.000000228. The number of nitrogen functional groups attached to an aromatic ring is 1. The number of rotatable bonds is 18. The SMILES string of the molecule is C.C.C.CCC(=O)c1cncc(-c2ccc3cnc(CC(=O)c4ccnc(N5CCN(C)CC5)c4)cc3c2)c1.CCC(=O)c1cncc(B2OC(C)(C)C(C)(C)O2)c1.CN1CCN(c2cc(C(=O)Cc3cc4cc(Br)ccc4cn3)ccn2)CC1.CN1CCNCC1.Nc1cc2cc(Br)ccc2cn1.O=C(Cc1cc2cc(Br)ccc2cn1)c1ccnc(F)c1.O=C(O)c1ccnc(F)c1.[CH3-].[V]. The van der Waals surface area contributed by atoms with Crippen LogP contribution in [0.25, 0.3) is 54.2 Å². The van der Waals surface area contributed by atoms with Gasteiger partial charge in [-0.1, -0.05) is 114 Å². The van der Waals surface area contributed by atoms with Crippen LogP contribution in [0.15, 0.2) is 246 Å². The average Bonchev–Trinajstić information content (AvgIpc) is 1.62. The van der Waals surface area contributed by atoms with E-state index in [9.17, 15) is 37.5 Å². The Hall–Kier alpha value is -11.7. The zero-order valence-electron chi connectivity index (χ0n) is 76.4. The number of anilines is 3. The van der Waals surface area contributed by atoms with Gasteiger partial charge in [0.1, 0.15) is 17.5 Å². The maximum atomic E-state index is 13.1. The van der Waals surface area contributed by atoms with E-state index in [0.29, 0.717) is 52.2 Å². The minimum Gasteiger partial charge on any atom is -0.478 e. The number of nitrogens with zero attached hydrogens (tertiary/aromatic N) is 15. The van der Waals surface area contributed by atoms with E-state index in [0.717, 1.165) is 180 Å². The van der Waals surface area contributed by atoms with Gasteiger partial charge in [-0.15, -0.1) is 0 Å². The van der Waals surface area contributed by atoms with Crippen molar-refractivity contribution in [2.24, 2.45) is 0 Å². The number of nitrogens with one attached hydrogen (secondary N) is 1. The van der Waals surface area contributed by atoms with Gasteiger partial charge in [-0.05, 0) is 191 Å². The zero-order chi connectivity index (χ0) is 94.2. The standard InChI is InChI=1S/C29H29N5O2.C21H21BrN4O.C16H10BrFN2O.C14H20BNO3.C9H7BrN2.C6H4FNO2.C5H12N2.3CH4.CH3.V/c1-3-27(35)25-13-24(17-30-18-25)20-4-5-22-19-32-26(14-23(22)12-20)16-28(36)21-6-7-31-29(15-21)34-10-8-33(2)9-11-34;1-25-6-8-26(9-7-25)21-12-15(4-5-23-21)20(27)13-19-11-17-10-18(22)3-2-16(17)14-24-19;17-13-2-1-11-9-20-14(6-12(11)5-13)8-15(21)10-3-4-19-16(18)7-10;1-6-12(17)10-7-11(9-16-8-10)15-18-13(2,3)14(4,5)19-15;10-8-2-1-6-5-12-9(11)4-7(6)3-8;7-5-3-4(6(9)10)1-2-8-5;1-7-4-2-6-3-5-7;;;;;/h4-7,12-15,17-19H,3,8-11,16H2,1-2H3;2-5,10-12,14H,6-9,13H2,1H3;1-7,9H,8H2;7-9H,6H2,1-5H3;1-5H,(H2,11,12);1-3H,(H,9,10);6H,2-5H2,1H3;3*1H4;1H3;/q;;;;;;;;;;-1;. The van der Waals surface area contributed by atoms with Gasteiger partial charge in [-0.2, -0.15) is 8.78 Å². The summed E-state index contributed by atoms with van der Waals surface area (Å²) >= 11 is 10.3. The third kappa shape index (κ3) is 32.5. The fourth-order valence-electron chi connectivity index (χ4n) is 14.3. The summed E-state index contributed by atoms with van der Waals surface area (Å²) in [6.07, 6.45) is 21.2. The summed E-state index contributed by atoms with van der Waals surface area (Å²) in [7, 11) is 5.92. The Kier molecular flexibility index (Phi) is 43.7. The molecule has 18 rings (SSSR count). The largest absolute Gasteiger partial charge is 0.496 e. The van der Waals surface area contributed by atoms with Gasteiger partial charge in [-0.3, -0.25) is 48.9 Å². The molecular weight excluding hydrogens is 1970 g/mol. The molecule has 4 aliphatic heterocycles. The molecule has 0 aliphatic carbocycles. The van der Waals surface area contributed by atoms with E-state index >= 15 is 0 Å². The second kappa shape index (κ2) is 53.3. The number of hydrogen-bond acceptors (Lipinski definition) is 25. The van der Waals surface area contributed by atoms with Crippen LogP contribution < -0.4 is 26.3 Å². The Morgan fingerprint density at radius 1 is 0.401 bits per heavy atom. The maximum Gasteiger partial charge on any atom is 0.496 e. The number of likely N-dealkylation sites (N-methyl/N-ethyl adjacent to an activating group) is 3. The summed E-state index contributed by atoms with van der Waals surface area (Å²) in [4.78, 5) is 125.